The molecular weight excluding hydrogens is 256 g/mol. The molecule has 0 aliphatic rings. The number of H-pyrrole nitrogens is 1. The molecule has 3 rings (SSSR count). The van der Waals surface area contributed by atoms with E-state index in [9.17, 15) is 9.59 Å². The van der Waals surface area contributed by atoms with Crippen molar-refractivity contribution in [2.75, 3.05) is 0 Å². The maximum Gasteiger partial charge on any atom is 0.345 e. The molecule has 2 aromatic carbocycles. The van der Waals surface area contributed by atoms with Gasteiger partial charge in [-0.05, 0) is 24.3 Å². The van der Waals surface area contributed by atoms with E-state index >= 15 is 0 Å². The third kappa shape index (κ3) is 2.29. The van der Waals surface area contributed by atoms with Crippen LogP contribution in [0.2, 0.25) is 0 Å². The molecule has 98 valence electrons. The van der Waals surface area contributed by atoms with Crippen molar-refractivity contribution in [3.63, 3.8) is 0 Å². The van der Waals surface area contributed by atoms with Crippen LogP contribution in [0.4, 0.5) is 0 Å². The fraction of sp³-hybridized carbons (Fsp3) is 0. The third-order valence-corrected chi connectivity index (χ3v) is 2.77. The van der Waals surface area contributed by atoms with E-state index in [0.717, 1.165) is 0 Å². The quantitative estimate of drug-likeness (QED) is 0.721. The van der Waals surface area contributed by atoms with Gasteiger partial charge in [0.1, 0.15) is 0 Å². The van der Waals surface area contributed by atoms with Crippen LogP contribution >= 0.6 is 0 Å². The largest absolute Gasteiger partial charge is 0.398 e. The average Bonchev–Trinajstić information content (AvgIpc) is 2.49. The van der Waals surface area contributed by atoms with Crippen molar-refractivity contribution in [2.45, 2.75) is 0 Å². The zero-order valence-corrected chi connectivity index (χ0v) is 10.4. The molecular formula is C15H10N2O3. The number of ether oxygens (including phenoxy) is 1. The highest BCUT2D eigenvalue weighted by Crippen LogP contribution is 2.10. The standard InChI is InChI=1S/C15H10N2O3/c18-13-14(17-12-9-5-4-8-11(12)16-13)20-15(19)10-6-2-1-3-7-10/h1-9H,(H,16,18). The molecule has 0 aliphatic carbocycles. The molecule has 0 spiro atoms. The zero-order valence-electron chi connectivity index (χ0n) is 10.4. The third-order valence-electron chi connectivity index (χ3n) is 2.77. The summed E-state index contributed by atoms with van der Waals surface area (Å²) in [6.45, 7) is 0. The van der Waals surface area contributed by atoms with Gasteiger partial charge in [0.25, 0.3) is 5.88 Å². The summed E-state index contributed by atoms with van der Waals surface area (Å²) >= 11 is 0. The van der Waals surface area contributed by atoms with Crippen LogP contribution in [0.5, 0.6) is 5.88 Å². The minimum atomic E-state index is -0.612. The molecule has 0 radical (unpaired) electrons. The topological polar surface area (TPSA) is 72.0 Å². The summed E-state index contributed by atoms with van der Waals surface area (Å²) in [6, 6.07) is 15.5. The summed E-state index contributed by atoms with van der Waals surface area (Å²) in [7, 11) is 0. The molecule has 0 aliphatic heterocycles. The highest BCUT2D eigenvalue weighted by Gasteiger charge is 2.12. The lowest BCUT2D eigenvalue weighted by atomic mass is 10.2. The molecule has 0 unspecified atom stereocenters. The first-order chi connectivity index (χ1) is 9.74. The van der Waals surface area contributed by atoms with Crippen LogP contribution in [0.25, 0.3) is 11.0 Å². The molecule has 3 aromatic rings. The van der Waals surface area contributed by atoms with Gasteiger partial charge in [-0.25, -0.2) is 9.78 Å². The fourth-order valence-corrected chi connectivity index (χ4v) is 1.80. The molecule has 5 nitrogen and oxygen atoms in total. The summed E-state index contributed by atoms with van der Waals surface area (Å²) in [4.78, 5) is 30.4. The molecule has 20 heavy (non-hydrogen) atoms. The summed E-state index contributed by atoms with van der Waals surface area (Å²) in [5.41, 5.74) is 0.981. The molecule has 0 fully saturated rings. The summed E-state index contributed by atoms with van der Waals surface area (Å²) in [5.74, 6) is -0.864. The highest BCUT2D eigenvalue weighted by molar-refractivity contribution is 5.90. The molecule has 0 amide bonds. The Bertz CT molecular complexity index is 825. The van der Waals surface area contributed by atoms with Gasteiger partial charge >= 0.3 is 11.5 Å². The number of hydrogen-bond donors (Lipinski definition) is 1. The lowest BCUT2D eigenvalue weighted by molar-refractivity contribution is 0.0725. The van der Waals surface area contributed by atoms with Gasteiger partial charge in [-0.15, -0.1) is 0 Å². The summed E-state index contributed by atoms with van der Waals surface area (Å²) < 4.78 is 5.05. The van der Waals surface area contributed by atoms with Gasteiger partial charge in [-0.3, -0.25) is 4.79 Å². The zero-order chi connectivity index (χ0) is 13.9. The molecule has 1 heterocycles. The molecule has 0 bridgehead atoms. The van der Waals surface area contributed by atoms with E-state index in [0.29, 0.717) is 16.6 Å². The molecule has 0 saturated heterocycles. The van der Waals surface area contributed by atoms with Crippen molar-refractivity contribution in [2.24, 2.45) is 0 Å². The molecule has 5 heteroatoms. The van der Waals surface area contributed by atoms with Crippen molar-refractivity contribution in [3.05, 3.63) is 70.5 Å². The second-order valence-corrected chi connectivity index (χ2v) is 4.14. The van der Waals surface area contributed by atoms with E-state index in [1.165, 1.54) is 0 Å². The van der Waals surface area contributed by atoms with Crippen molar-refractivity contribution in [1.82, 2.24) is 9.97 Å². The predicted molar refractivity (Wildman–Crippen MR) is 73.8 cm³/mol. The average molecular weight is 266 g/mol. The first-order valence-electron chi connectivity index (χ1n) is 6.00. The number of esters is 1. The number of carbonyl (C=O) groups excluding carboxylic acids is 1. The van der Waals surface area contributed by atoms with Crippen LogP contribution in [-0.2, 0) is 0 Å². The van der Waals surface area contributed by atoms with E-state index in [1.807, 2.05) is 0 Å². The van der Waals surface area contributed by atoms with Gasteiger partial charge in [-0.1, -0.05) is 30.3 Å². The lowest BCUT2D eigenvalue weighted by Crippen LogP contribution is -2.18. The number of carbonyl (C=O) groups is 1. The Hall–Kier alpha value is -2.95. The van der Waals surface area contributed by atoms with Crippen LogP contribution in [0, 0.1) is 0 Å². The second kappa shape index (κ2) is 4.97. The van der Waals surface area contributed by atoms with Gasteiger partial charge in [0.15, 0.2) is 0 Å². The van der Waals surface area contributed by atoms with E-state index in [4.69, 9.17) is 4.74 Å². The lowest BCUT2D eigenvalue weighted by Gasteiger charge is -2.03. The van der Waals surface area contributed by atoms with Crippen molar-refractivity contribution >= 4 is 17.0 Å². The number of para-hydroxylation sites is 2. The monoisotopic (exact) mass is 266 g/mol. The number of aromatic amines is 1. The van der Waals surface area contributed by atoms with Crippen LogP contribution in [0.3, 0.4) is 0 Å². The van der Waals surface area contributed by atoms with Gasteiger partial charge in [0.2, 0.25) is 0 Å². The van der Waals surface area contributed by atoms with Crippen molar-refractivity contribution < 1.29 is 9.53 Å². The predicted octanol–water partition coefficient (Wildman–Crippen LogP) is 2.14. The first-order valence-corrected chi connectivity index (χ1v) is 6.00. The Morgan fingerprint density at radius 1 is 1.00 bits per heavy atom. The normalized spacial score (nSPS) is 10.4. The Balaban J connectivity index is 1.97. The Kier molecular flexibility index (Phi) is 3.01. The van der Waals surface area contributed by atoms with Crippen LogP contribution in [-0.4, -0.2) is 15.9 Å². The summed E-state index contributed by atoms with van der Waals surface area (Å²) in [6.07, 6.45) is 0. The minimum Gasteiger partial charge on any atom is -0.398 e. The van der Waals surface area contributed by atoms with Gasteiger partial charge < -0.3 is 9.72 Å². The van der Waals surface area contributed by atoms with Crippen LogP contribution in [0.1, 0.15) is 10.4 Å². The number of fused-ring (bicyclic) bond motifs is 1. The van der Waals surface area contributed by atoms with Crippen LogP contribution < -0.4 is 10.3 Å². The van der Waals surface area contributed by atoms with Crippen molar-refractivity contribution in [3.8, 4) is 5.88 Å². The second-order valence-electron chi connectivity index (χ2n) is 4.14. The maximum atomic E-state index is 11.9. The number of rotatable bonds is 2. The maximum absolute atomic E-state index is 11.9. The van der Waals surface area contributed by atoms with E-state index in [2.05, 4.69) is 9.97 Å². The SMILES string of the molecule is O=C(Oc1nc2ccccc2[nH]c1=O)c1ccccc1. The molecule has 1 N–H and O–H groups in total. The van der Waals surface area contributed by atoms with Crippen LogP contribution in [0.15, 0.2) is 59.4 Å². The van der Waals surface area contributed by atoms with E-state index in [1.54, 1.807) is 54.6 Å². The smallest absolute Gasteiger partial charge is 0.345 e. The number of hydrogen-bond acceptors (Lipinski definition) is 4. The number of nitrogens with one attached hydrogen (secondary N) is 1. The van der Waals surface area contributed by atoms with Gasteiger partial charge in [0.05, 0.1) is 16.6 Å². The Morgan fingerprint density at radius 3 is 2.50 bits per heavy atom. The highest BCUT2D eigenvalue weighted by atomic mass is 16.5. The minimum absolute atomic E-state index is 0.252. The molecule has 1 aromatic heterocycles. The first kappa shape index (κ1) is 12.1. The van der Waals surface area contributed by atoms with Gasteiger partial charge in [-0.2, -0.15) is 0 Å². The number of aromatic nitrogens is 2. The van der Waals surface area contributed by atoms with E-state index in [-0.39, 0.29) is 5.88 Å². The number of benzene rings is 2. The summed E-state index contributed by atoms with van der Waals surface area (Å²) in [5, 5.41) is 0. The van der Waals surface area contributed by atoms with E-state index < -0.39 is 11.5 Å². The molecule has 0 atom stereocenters. The van der Waals surface area contributed by atoms with Gasteiger partial charge in [0, 0.05) is 0 Å². The number of nitrogens with zero attached hydrogens (tertiary/aromatic N) is 1. The van der Waals surface area contributed by atoms with Crippen molar-refractivity contribution in [1.29, 1.82) is 0 Å². The molecule has 0 saturated carbocycles. The Morgan fingerprint density at radius 2 is 1.70 bits per heavy atom. The fourth-order valence-electron chi connectivity index (χ4n) is 1.80. The Labute approximate surface area is 113 Å².